The largest absolute Gasteiger partial charge is 0.507 e. The van der Waals surface area contributed by atoms with Crippen molar-refractivity contribution in [1.29, 1.82) is 0 Å². The Labute approximate surface area is 137 Å². The first-order valence-corrected chi connectivity index (χ1v) is 7.24. The summed E-state index contributed by atoms with van der Waals surface area (Å²) in [6.07, 6.45) is 1.28. The van der Waals surface area contributed by atoms with Gasteiger partial charge < -0.3 is 19.6 Å². The number of benzene rings is 1. The average molecular weight is 331 g/mol. The van der Waals surface area contributed by atoms with Gasteiger partial charge in [-0.1, -0.05) is 19.6 Å². The van der Waals surface area contributed by atoms with Gasteiger partial charge in [0.25, 0.3) is 0 Å². The van der Waals surface area contributed by atoms with Gasteiger partial charge in [0.05, 0.1) is 5.56 Å². The van der Waals surface area contributed by atoms with Crippen molar-refractivity contribution in [1.82, 2.24) is 5.32 Å². The summed E-state index contributed by atoms with van der Waals surface area (Å²) in [6.45, 7) is 5.56. The minimum Gasteiger partial charge on any atom is -0.507 e. The van der Waals surface area contributed by atoms with Crippen molar-refractivity contribution in [3.63, 3.8) is 0 Å². The molecule has 0 spiro atoms. The summed E-state index contributed by atoms with van der Waals surface area (Å²) in [5.41, 5.74) is -0.119. The van der Waals surface area contributed by atoms with Gasteiger partial charge in [-0.2, -0.15) is 0 Å². The van der Waals surface area contributed by atoms with Crippen molar-refractivity contribution >= 4 is 23.3 Å². The molecule has 1 heterocycles. The summed E-state index contributed by atoms with van der Waals surface area (Å²) in [4.78, 5) is 34.4. The van der Waals surface area contributed by atoms with Crippen LogP contribution in [0.25, 0.3) is 11.0 Å². The van der Waals surface area contributed by atoms with E-state index in [2.05, 4.69) is 11.9 Å². The number of phenols is 1. The molecule has 0 aliphatic rings. The number of aromatic hydroxyl groups is 1. The topological polar surface area (TPSA) is 106 Å². The van der Waals surface area contributed by atoms with Gasteiger partial charge in [-0.05, 0) is 23.6 Å². The molecule has 1 unspecified atom stereocenters. The molecule has 2 rings (SSSR count). The molecule has 1 aromatic heterocycles. The number of phenolic OH excluding ortho intramolecular Hbond substituents is 1. The minimum atomic E-state index is -0.646. The number of carbonyl (C=O) groups is 2. The number of aldehydes is 1. The van der Waals surface area contributed by atoms with Crippen LogP contribution in [0.15, 0.2) is 40.1 Å². The lowest BCUT2D eigenvalue weighted by molar-refractivity contribution is 0.112. The number of ether oxygens (including phenoxy) is 1. The Bertz CT molecular complexity index is 839. The first-order valence-electron chi connectivity index (χ1n) is 7.24. The first-order chi connectivity index (χ1) is 11.5. The third-order valence-electron chi connectivity index (χ3n) is 3.49. The van der Waals surface area contributed by atoms with E-state index >= 15 is 0 Å². The van der Waals surface area contributed by atoms with Crippen LogP contribution in [0, 0.1) is 0 Å². The molecule has 0 radical (unpaired) electrons. The maximum atomic E-state index is 11.8. The second-order valence-electron chi connectivity index (χ2n) is 5.18. The SMILES string of the molecule is C=CCOC(=O)NCC(C)c1cc(=O)oc2c(C=O)c(O)ccc12. The molecule has 0 saturated heterocycles. The highest BCUT2D eigenvalue weighted by molar-refractivity contribution is 5.98. The average Bonchev–Trinajstić information content (AvgIpc) is 2.56. The predicted molar refractivity (Wildman–Crippen MR) is 87.5 cm³/mol. The molecular weight excluding hydrogens is 314 g/mol. The molecule has 2 N–H and O–H groups in total. The Morgan fingerprint density at radius 3 is 2.92 bits per heavy atom. The lowest BCUT2D eigenvalue weighted by atomic mass is 9.96. The van der Waals surface area contributed by atoms with Crippen molar-refractivity contribution in [2.45, 2.75) is 12.8 Å². The minimum absolute atomic E-state index is 0.0218. The van der Waals surface area contributed by atoms with E-state index in [-0.39, 0.29) is 36.0 Å². The van der Waals surface area contributed by atoms with Crippen molar-refractivity contribution in [3.8, 4) is 5.75 Å². The van der Waals surface area contributed by atoms with Crippen molar-refractivity contribution in [2.24, 2.45) is 0 Å². The summed E-state index contributed by atoms with van der Waals surface area (Å²) in [5, 5.41) is 12.8. The number of rotatable bonds is 6. The van der Waals surface area contributed by atoms with Gasteiger partial charge in [0.2, 0.25) is 0 Å². The zero-order chi connectivity index (χ0) is 17.7. The molecule has 2 aromatic rings. The maximum Gasteiger partial charge on any atom is 0.407 e. The molecule has 0 saturated carbocycles. The Hall–Kier alpha value is -3.09. The molecule has 7 heteroatoms. The van der Waals surface area contributed by atoms with Gasteiger partial charge >= 0.3 is 11.7 Å². The molecule has 1 aromatic carbocycles. The second-order valence-corrected chi connectivity index (χ2v) is 5.18. The Balaban J connectivity index is 2.34. The van der Waals surface area contributed by atoms with E-state index in [1.165, 1.54) is 18.2 Å². The molecule has 0 aliphatic carbocycles. The fourth-order valence-corrected chi connectivity index (χ4v) is 2.31. The van der Waals surface area contributed by atoms with Crippen LogP contribution in [0.4, 0.5) is 4.79 Å². The van der Waals surface area contributed by atoms with Crippen LogP contribution in [0.1, 0.15) is 28.8 Å². The monoisotopic (exact) mass is 331 g/mol. The van der Waals surface area contributed by atoms with E-state index in [0.29, 0.717) is 17.2 Å². The molecule has 1 atom stereocenters. The molecule has 24 heavy (non-hydrogen) atoms. The number of carbonyl (C=O) groups excluding carboxylic acids is 2. The quantitative estimate of drug-likeness (QED) is 0.478. The van der Waals surface area contributed by atoms with E-state index in [4.69, 9.17) is 9.15 Å². The number of hydrogen-bond donors (Lipinski definition) is 2. The zero-order valence-electron chi connectivity index (χ0n) is 13.1. The number of hydrogen-bond acceptors (Lipinski definition) is 6. The van der Waals surface area contributed by atoms with Crippen LogP contribution in [0.2, 0.25) is 0 Å². The van der Waals surface area contributed by atoms with Gasteiger partial charge in [0.1, 0.15) is 12.4 Å². The molecule has 1 amide bonds. The summed E-state index contributed by atoms with van der Waals surface area (Å²) in [5.74, 6) is -0.520. The normalized spacial score (nSPS) is 11.7. The fraction of sp³-hybridized carbons (Fsp3) is 0.235. The van der Waals surface area contributed by atoms with Gasteiger partial charge in [0, 0.05) is 18.0 Å². The molecule has 126 valence electrons. The van der Waals surface area contributed by atoms with Gasteiger partial charge in [0.15, 0.2) is 11.9 Å². The highest BCUT2D eigenvalue weighted by Crippen LogP contribution is 2.30. The summed E-state index contributed by atoms with van der Waals surface area (Å²) in [7, 11) is 0. The van der Waals surface area contributed by atoms with E-state index < -0.39 is 11.7 Å². The van der Waals surface area contributed by atoms with Crippen LogP contribution in [0.3, 0.4) is 0 Å². The van der Waals surface area contributed by atoms with Crippen molar-refractivity contribution in [3.05, 3.63) is 52.4 Å². The van der Waals surface area contributed by atoms with Gasteiger partial charge in [-0.15, -0.1) is 0 Å². The van der Waals surface area contributed by atoms with Gasteiger partial charge in [-0.25, -0.2) is 9.59 Å². The summed E-state index contributed by atoms with van der Waals surface area (Å²) >= 11 is 0. The lowest BCUT2D eigenvalue weighted by Crippen LogP contribution is -2.28. The van der Waals surface area contributed by atoms with Crippen molar-refractivity contribution < 1.29 is 23.8 Å². The lowest BCUT2D eigenvalue weighted by Gasteiger charge is -2.15. The third-order valence-corrected chi connectivity index (χ3v) is 3.49. The zero-order valence-corrected chi connectivity index (χ0v) is 13.1. The predicted octanol–water partition coefficient (Wildman–Crippen LogP) is 2.33. The van der Waals surface area contributed by atoms with E-state index in [1.807, 2.05) is 0 Å². The van der Waals surface area contributed by atoms with Crippen LogP contribution in [-0.2, 0) is 4.74 Å². The van der Waals surface area contributed by atoms with E-state index in [0.717, 1.165) is 0 Å². The Kier molecular flexibility index (Phi) is 5.36. The number of fused-ring (bicyclic) bond motifs is 1. The summed E-state index contributed by atoms with van der Waals surface area (Å²) < 4.78 is 9.88. The molecular formula is C17H17NO6. The maximum absolute atomic E-state index is 11.8. The van der Waals surface area contributed by atoms with Crippen LogP contribution >= 0.6 is 0 Å². The van der Waals surface area contributed by atoms with Crippen LogP contribution in [0.5, 0.6) is 5.75 Å². The number of nitrogens with one attached hydrogen (secondary N) is 1. The smallest absolute Gasteiger partial charge is 0.407 e. The second kappa shape index (κ2) is 7.45. The molecule has 7 nitrogen and oxygen atoms in total. The van der Waals surface area contributed by atoms with Gasteiger partial charge in [-0.3, -0.25) is 4.79 Å². The standard InChI is InChI=1S/C17H17NO6/c1-3-6-23-17(22)18-8-10(2)12-7-15(21)24-16-11(12)4-5-14(20)13(16)9-19/h3-5,7,9-10,20H,1,6,8H2,2H3,(H,18,22). The van der Waals surface area contributed by atoms with Crippen LogP contribution in [-0.4, -0.2) is 30.6 Å². The number of alkyl carbamates (subject to hydrolysis) is 1. The Morgan fingerprint density at radius 2 is 2.25 bits per heavy atom. The molecule has 0 bridgehead atoms. The highest BCUT2D eigenvalue weighted by Gasteiger charge is 2.17. The fourth-order valence-electron chi connectivity index (χ4n) is 2.31. The number of amides is 1. The summed E-state index contributed by atoms with van der Waals surface area (Å²) in [6, 6.07) is 4.21. The third kappa shape index (κ3) is 3.62. The molecule has 0 aliphatic heterocycles. The Morgan fingerprint density at radius 1 is 1.50 bits per heavy atom. The van der Waals surface area contributed by atoms with Crippen molar-refractivity contribution in [2.75, 3.05) is 13.2 Å². The van der Waals surface area contributed by atoms with E-state index in [1.54, 1.807) is 13.0 Å². The first kappa shape index (κ1) is 17.3. The van der Waals surface area contributed by atoms with Crippen LogP contribution < -0.4 is 10.9 Å². The molecule has 0 fully saturated rings. The highest BCUT2D eigenvalue weighted by atomic mass is 16.5. The van der Waals surface area contributed by atoms with E-state index in [9.17, 15) is 19.5 Å².